The standard InChI is InChI=1S/C17H14N4OS/c1-10-8-23-16-15(10)18-9-21(17(16)22)7-14-11(2)19-12-5-3-4-6-13(12)20-14/h3-6,8-9H,7H2,1-2H3. The van der Waals surface area contributed by atoms with Gasteiger partial charge in [-0.25, -0.2) is 15.0 Å². The Morgan fingerprint density at radius 2 is 1.87 bits per heavy atom. The molecule has 0 aliphatic carbocycles. The summed E-state index contributed by atoms with van der Waals surface area (Å²) in [7, 11) is 0. The minimum atomic E-state index is -0.0255. The van der Waals surface area contributed by atoms with Crippen molar-refractivity contribution in [2.45, 2.75) is 20.4 Å². The van der Waals surface area contributed by atoms with Gasteiger partial charge in [-0.05, 0) is 36.9 Å². The molecule has 0 spiro atoms. The fraction of sp³-hybridized carbons (Fsp3) is 0.176. The van der Waals surface area contributed by atoms with Crippen molar-refractivity contribution in [2.75, 3.05) is 0 Å². The molecule has 0 bridgehead atoms. The molecule has 0 aliphatic rings. The van der Waals surface area contributed by atoms with Crippen molar-refractivity contribution in [3.63, 3.8) is 0 Å². The maximum Gasteiger partial charge on any atom is 0.271 e. The summed E-state index contributed by atoms with van der Waals surface area (Å²) in [5.41, 5.74) is 5.12. The van der Waals surface area contributed by atoms with Crippen molar-refractivity contribution < 1.29 is 0 Å². The predicted octanol–water partition coefficient (Wildman–Crippen LogP) is 3.07. The van der Waals surface area contributed by atoms with Gasteiger partial charge in [0.05, 0.1) is 40.8 Å². The monoisotopic (exact) mass is 322 g/mol. The molecule has 6 heteroatoms. The molecule has 0 saturated carbocycles. The van der Waals surface area contributed by atoms with Crippen LogP contribution < -0.4 is 5.56 Å². The number of rotatable bonds is 2. The van der Waals surface area contributed by atoms with Crippen molar-refractivity contribution >= 4 is 32.6 Å². The van der Waals surface area contributed by atoms with Crippen LogP contribution in [0, 0.1) is 13.8 Å². The van der Waals surface area contributed by atoms with Gasteiger partial charge in [-0.15, -0.1) is 11.3 Å². The first-order valence-corrected chi connectivity index (χ1v) is 8.17. The number of nitrogens with zero attached hydrogens (tertiary/aromatic N) is 4. The molecule has 0 unspecified atom stereocenters. The van der Waals surface area contributed by atoms with Crippen LogP contribution in [0.5, 0.6) is 0 Å². The Morgan fingerprint density at radius 1 is 1.13 bits per heavy atom. The molecule has 0 amide bonds. The summed E-state index contributed by atoms with van der Waals surface area (Å²) in [6.07, 6.45) is 1.60. The molecule has 0 fully saturated rings. The van der Waals surface area contributed by atoms with E-state index in [-0.39, 0.29) is 5.56 Å². The Balaban J connectivity index is 1.83. The largest absolute Gasteiger partial charge is 0.292 e. The Kier molecular flexibility index (Phi) is 3.20. The molecule has 4 rings (SSSR count). The summed E-state index contributed by atoms with van der Waals surface area (Å²) in [5, 5.41) is 1.96. The summed E-state index contributed by atoms with van der Waals surface area (Å²) < 4.78 is 2.29. The molecule has 0 radical (unpaired) electrons. The van der Waals surface area contributed by atoms with Crippen LogP contribution in [0.1, 0.15) is 17.0 Å². The van der Waals surface area contributed by atoms with Crippen LogP contribution in [0.15, 0.2) is 40.8 Å². The molecule has 3 aromatic heterocycles. The minimum absolute atomic E-state index is 0.0255. The van der Waals surface area contributed by atoms with E-state index in [1.165, 1.54) is 11.3 Å². The first-order chi connectivity index (χ1) is 11.1. The molecule has 0 N–H and O–H groups in total. The molecule has 114 valence electrons. The maximum atomic E-state index is 12.6. The lowest BCUT2D eigenvalue weighted by atomic mass is 10.2. The van der Waals surface area contributed by atoms with Crippen molar-refractivity contribution in [1.29, 1.82) is 0 Å². The van der Waals surface area contributed by atoms with Gasteiger partial charge in [0, 0.05) is 0 Å². The lowest BCUT2D eigenvalue weighted by molar-refractivity contribution is 0.724. The van der Waals surface area contributed by atoms with E-state index in [4.69, 9.17) is 0 Å². The maximum absolute atomic E-state index is 12.6. The summed E-state index contributed by atoms with van der Waals surface area (Å²) in [5.74, 6) is 0. The average molecular weight is 322 g/mol. The van der Waals surface area contributed by atoms with E-state index in [0.29, 0.717) is 11.2 Å². The molecular formula is C17H14N4OS. The Morgan fingerprint density at radius 3 is 2.65 bits per heavy atom. The molecule has 0 saturated heterocycles. The van der Waals surface area contributed by atoms with Gasteiger partial charge in [-0.2, -0.15) is 0 Å². The van der Waals surface area contributed by atoms with Crippen LogP contribution in [0.2, 0.25) is 0 Å². The van der Waals surface area contributed by atoms with Crippen LogP contribution in [0.3, 0.4) is 0 Å². The number of aromatic nitrogens is 4. The SMILES string of the molecule is Cc1nc2ccccc2nc1Cn1cnc2c(C)csc2c1=O. The first kappa shape index (κ1) is 14.0. The number of thiophene rings is 1. The zero-order chi connectivity index (χ0) is 16.0. The number of benzene rings is 1. The number of hydrogen-bond donors (Lipinski definition) is 0. The van der Waals surface area contributed by atoms with Gasteiger partial charge in [0.25, 0.3) is 5.56 Å². The third-order valence-corrected chi connectivity index (χ3v) is 4.96. The highest BCUT2D eigenvalue weighted by Crippen LogP contribution is 2.19. The summed E-state index contributed by atoms with van der Waals surface area (Å²) in [6.45, 7) is 4.26. The normalized spacial score (nSPS) is 11.4. The molecule has 0 atom stereocenters. The first-order valence-electron chi connectivity index (χ1n) is 7.29. The zero-order valence-electron chi connectivity index (χ0n) is 12.8. The predicted molar refractivity (Wildman–Crippen MR) is 92.0 cm³/mol. The van der Waals surface area contributed by atoms with Gasteiger partial charge < -0.3 is 0 Å². The second kappa shape index (κ2) is 5.24. The highest BCUT2D eigenvalue weighted by atomic mass is 32.1. The van der Waals surface area contributed by atoms with Gasteiger partial charge in [-0.3, -0.25) is 9.36 Å². The highest BCUT2D eigenvalue weighted by molar-refractivity contribution is 7.17. The van der Waals surface area contributed by atoms with Crippen LogP contribution in [-0.2, 0) is 6.54 Å². The summed E-state index contributed by atoms with van der Waals surface area (Å²) in [4.78, 5) is 26.2. The Hall–Kier alpha value is -2.60. The fourth-order valence-electron chi connectivity index (χ4n) is 2.61. The van der Waals surface area contributed by atoms with E-state index in [1.54, 1.807) is 10.9 Å². The second-order valence-corrected chi connectivity index (χ2v) is 6.40. The topological polar surface area (TPSA) is 60.7 Å². The quantitative estimate of drug-likeness (QED) is 0.569. The Bertz CT molecular complexity index is 1100. The van der Waals surface area contributed by atoms with Crippen LogP contribution in [-0.4, -0.2) is 19.5 Å². The molecule has 3 heterocycles. The van der Waals surface area contributed by atoms with Gasteiger partial charge in [0.15, 0.2) is 0 Å². The van der Waals surface area contributed by atoms with Crippen molar-refractivity contribution in [2.24, 2.45) is 0 Å². The van der Waals surface area contributed by atoms with E-state index >= 15 is 0 Å². The lowest BCUT2D eigenvalue weighted by Crippen LogP contribution is -2.21. The van der Waals surface area contributed by atoms with Crippen molar-refractivity contribution in [3.05, 3.63) is 63.3 Å². The van der Waals surface area contributed by atoms with Crippen molar-refractivity contribution in [3.8, 4) is 0 Å². The van der Waals surface area contributed by atoms with E-state index in [0.717, 1.165) is 33.5 Å². The Labute approximate surface area is 136 Å². The van der Waals surface area contributed by atoms with Gasteiger partial charge in [-0.1, -0.05) is 12.1 Å². The summed E-state index contributed by atoms with van der Waals surface area (Å²) >= 11 is 1.44. The zero-order valence-corrected chi connectivity index (χ0v) is 13.6. The van der Waals surface area contributed by atoms with Gasteiger partial charge in [0.1, 0.15) is 4.70 Å². The number of aryl methyl sites for hydroxylation is 2. The van der Waals surface area contributed by atoms with Gasteiger partial charge in [0.2, 0.25) is 0 Å². The minimum Gasteiger partial charge on any atom is -0.292 e. The third kappa shape index (κ3) is 2.31. The van der Waals surface area contributed by atoms with Crippen LogP contribution in [0.25, 0.3) is 21.3 Å². The highest BCUT2D eigenvalue weighted by Gasteiger charge is 2.11. The second-order valence-electron chi connectivity index (χ2n) is 5.52. The number of hydrogen-bond acceptors (Lipinski definition) is 5. The molecule has 5 nitrogen and oxygen atoms in total. The van der Waals surface area contributed by atoms with Crippen LogP contribution >= 0.6 is 11.3 Å². The molecule has 0 aliphatic heterocycles. The number of para-hydroxylation sites is 2. The fourth-order valence-corrected chi connectivity index (χ4v) is 3.56. The van der Waals surface area contributed by atoms with Crippen LogP contribution in [0.4, 0.5) is 0 Å². The molecule has 1 aromatic carbocycles. The van der Waals surface area contributed by atoms with E-state index in [2.05, 4.69) is 15.0 Å². The third-order valence-electron chi connectivity index (χ3n) is 3.89. The number of fused-ring (bicyclic) bond motifs is 2. The average Bonchev–Trinajstić information content (AvgIpc) is 2.92. The summed E-state index contributed by atoms with van der Waals surface area (Å²) in [6, 6.07) is 7.74. The molecule has 23 heavy (non-hydrogen) atoms. The van der Waals surface area contributed by atoms with E-state index in [9.17, 15) is 4.79 Å². The molecular weight excluding hydrogens is 308 g/mol. The van der Waals surface area contributed by atoms with Gasteiger partial charge >= 0.3 is 0 Å². The van der Waals surface area contributed by atoms with E-state index < -0.39 is 0 Å². The van der Waals surface area contributed by atoms with Crippen molar-refractivity contribution in [1.82, 2.24) is 19.5 Å². The lowest BCUT2D eigenvalue weighted by Gasteiger charge is -2.08. The van der Waals surface area contributed by atoms with E-state index in [1.807, 2.05) is 43.5 Å². The smallest absolute Gasteiger partial charge is 0.271 e. The molecule has 4 aromatic rings.